The number of thioether (sulfide) groups is 1. The second-order valence-electron chi connectivity index (χ2n) is 10.7. The molecule has 1 atom stereocenters. The number of nitrogens with one attached hydrogen (secondary N) is 1. The Morgan fingerprint density at radius 1 is 1.21 bits per heavy atom. The van der Waals surface area contributed by atoms with E-state index < -0.39 is 5.92 Å². The van der Waals surface area contributed by atoms with Crippen LogP contribution in [-0.2, 0) is 9.59 Å². The van der Waals surface area contributed by atoms with Crippen molar-refractivity contribution in [3.63, 3.8) is 0 Å². The van der Waals surface area contributed by atoms with Gasteiger partial charge in [0.05, 0.1) is 43.2 Å². The van der Waals surface area contributed by atoms with Crippen molar-refractivity contribution in [3.05, 3.63) is 62.8 Å². The van der Waals surface area contributed by atoms with Gasteiger partial charge in [-0.3, -0.25) is 14.5 Å². The fourth-order valence-electron chi connectivity index (χ4n) is 5.19. The number of benzene rings is 1. The Hall–Kier alpha value is -3.86. The summed E-state index contributed by atoms with van der Waals surface area (Å²) in [5.74, 6) is 0.674. The van der Waals surface area contributed by atoms with Gasteiger partial charge in [-0.15, -0.1) is 21.5 Å². The Labute approximate surface area is 256 Å². The molecule has 1 aliphatic heterocycles. The summed E-state index contributed by atoms with van der Waals surface area (Å²) in [5.41, 5.74) is 8.59. The number of hydrogen-bond acceptors (Lipinski definition) is 12. The van der Waals surface area contributed by atoms with E-state index in [1.807, 2.05) is 19.1 Å². The molecule has 3 N–H and O–H groups in total. The Balaban J connectivity index is 1.42. The van der Waals surface area contributed by atoms with Crippen molar-refractivity contribution in [1.29, 1.82) is 5.26 Å². The van der Waals surface area contributed by atoms with E-state index in [0.29, 0.717) is 50.6 Å². The minimum absolute atomic E-state index is 0.00676. The van der Waals surface area contributed by atoms with Crippen LogP contribution in [0.3, 0.4) is 0 Å². The van der Waals surface area contributed by atoms with Crippen molar-refractivity contribution in [2.75, 3.05) is 30.2 Å². The number of anilines is 2. The lowest BCUT2D eigenvalue weighted by atomic mass is 9.70. The number of Topliss-reactive ketones (excluding diaryl/α,β-unsaturated/α-hetero) is 1. The average Bonchev–Trinajstić information content (AvgIpc) is 3.59. The number of aryl methyl sites for hydroxylation is 1. The van der Waals surface area contributed by atoms with E-state index in [4.69, 9.17) is 15.2 Å². The molecule has 0 fully saturated rings. The second kappa shape index (κ2) is 11.8. The van der Waals surface area contributed by atoms with Crippen LogP contribution in [0.25, 0.3) is 0 Å². The van der Waals surface area contributed by atoms with Crippen molar-refractivity contribution in [2.45, 2.75) is 43.9 Å². The van der Waals surface area contributed by atoms with Crippen molar-refractivity contribution in [3.8, 4) is 17.6 Å². The molecule has 1 aliphatic carbocycles. The van der Waals surface area contributed by atoms with Crippen LogP contribution < -0.4 is 25.4 Å². The first-order valence-electron chi connectivity index (χ1n) is 13.1. The quantitative estimate of drug-likeness (QED) is 0.305. The number of nitrogens with zero attached hydrogens (tertiary/aromatic N) is 4. The summed E-state index contributed by atoms with van der Waals surface area (Å²) in [7, 11) is 3.08. The Morgan fingerprint density at radius 2 is 2.00 bits per heavy atom. The van der Waals surface area contributed by atoms with E-state index in [1.165, 1.54) is 30.2 Å². The summed E-state index contributed by atoms with van der Waals surface area (Å²) < 4.78 is 11.1. The summed E-state index contributed by atoms with van der Waals surface area (Å²) in [4.78, 5) is 30.1. The predicted molar refractivity (Wildman–Crippen MR) is 165 cm³/mol. The van der Waals surface area contributed by atoms with Gasteiger partial charge in [0.2, 0.25) is 11.0 Å². The highest BCUT2D eigenvalue weighted by molar-refractivity contribution is 8.01. The van der Waals surface area contributed by atoms with Crippen molar-refractivity contribution in [2.24, 2.45) is 11.1 Å². The monoisotopic (exact) mass is 622 g/mol. The van der Waals surface area contributed by atoms with E-state index >= 15 is 0 Å². The minimum atomic E-state index is -0.510. The number of allylic oxidation sites excluding steroid dienone is 3. The van der Waals surface area contributed by atoms with Gasteiger partial charge in [-0.2, -0.15) is 5.26 Å². The van der Waals surface area contributed by atoms with Gasteiger partial charge in [0.25, 0.3) is 0 Å². The number of methoxy groups -OCH3 is 2. The molecular weight excluding hydrogens is 593 g/mol. The van der Waals surface area contributed by atoms with Crippen molar-refractivity contribution < 1.29 is 19.1 Å². The SMILES string of the molecule is COc1ccc(NC(=O)CSc2nnc(N3C(N)=C(C#N)C(c4ccc(C)s4)C4=C3CC(C)(C)CC4=O)s2)c(OC)c1. The smallest absolute Gasteiger partial charge is 0.234 e. The number of ketones is 1. The molecule has 42 heavy (non-hydrogen) atoms. The van der Waals surface area contributed by atoms with E-state index in [0.717, 1.165) is 15.5 Å². The second-order valence-corrected chi connectivity index (χ2v) is 14.2. The lowest BCUT2D eigenvalue weighted by molar-refractivity contribution is -0.118. The number of carbonyl (C=O) groups excluding carboxylic acids is 2. The molecule has 1 unspecified atom stereocenters. The summed E-state index contributed by atoms with van der Waals surface area (Å²) in [5, 5.41) is 22.2. The number of carbonyl (C=O) groups is 2. The molecule has 0 saturated carbocycles. The van der Waals surface area contributed by atoms with Crippen LogP contribution in [0, 0.1) is 23.7 Å². The lowest BCUT2D eigenvalue weighted by Gasteiger charge is -2.42. The fourth-order valence-corrected chi connectivity index (χ4v) is 7.87. The number of nitrogens with two attached hydrogens (primary N) is 1. The van der Waals surface area contributed by atoms with Gasteiger partial charge in [-0.1, -0.05) is 36.9 Å². The number of thiophene rings is 1. The number of ether oxygens (including phenoxy) is 2. The van der Waals surface area contributed by atoms with Gasteiger partial charge in [-0.05, 0) is 43.0 Å². The highest BCUT2D eigenvalue weighted by Crippen LogP contribution is 2.51. The highest BCUT2D eigenvalue weighted by Gasteiger charge is 2.45. The van der Waals surface area contributed by atoms with Gasteiger partial charge < -0.3 is 20.5 Å². The molecular formula is C29H30N6O4S3. The number of rotatable bonds is 8. The van der Waals surface area contributed by atoms with Crippen LogP contribution >= 0.6 is 34.4 Å². The Morgan fingerprint density at radius 3 is 2.67 bits per heavy atom. The van der Waals surface area contributed by atoms with E-state index in [9.17, 15) is 14.9 Å². The molecule has 1 amide bonds. The number of nitriles is 1. The fraction of sp³-hybridized carbons (Fsp3) is 0.345. The van der Waals surface area contributed by atoms with Crippen LogP contribution in [0.1, 0.15) is 42.4 Å². The van der Waals surface area contributed by atoms with Crippen LogP contribution in [0.2, 0.25) is 0 Å². The zero-order chi connectivity index (χ0) is 30.2. The molecule has 10 nitrogen and oxygen atoms in total. The maximum Gasteiger partial charge on any atom is 0.234 e. The first-order valence-corrected chi connectivity index (χ1v) is 15.7. The summed E-state index contributed by atoms with van der Waals surface area (Å²) in [6.45, 7) is 6.10. The van der Waals surface area contributed by atoms with Crippen molar-refractivity contribution in [1.82, 2.24) is 10.2 Å². The topological polar surface area (TPSA) is 143 Å². The summed E-state index contributed by atoms with van der Waals surface area (Å²) in [6.07, 6.45) is 0.965. The van der Waals surface area contributed by atoms with E-state index in [-0.39, 0.29) is 28.7 Å². The molecule has 13 heteroatoms. The third kappa shape index (κ3) is 5.74. The van der Waals surface area contributed by atoms with E-state index in [1.54, 1.807) is 41.5 Å². The minimum Gasteiger partial charge on any atom is -0.497 e. The third-order valence-electron chi connectivity index (χ3n) is 7.02. The first kappa shape index (κ1) is 29.6. The Kier molecular flexibility index (Phi) is 8.32. The van der Waals surface area contributed by atoms with Crippen LogP contribution in [0.4, 0.5) is 10.8 Å². The number of amides is 1. The largest absolute Gasteiger partial charge is 0.497 e. The maximum atomic E-state index is 13.6. The third-order valence-corrected chi connectivity index (χ3v) is 10.1. The maximum absolute atomic E-state index is 13.6. The van der Waals surface area contributed by atoms with Crippen LogP contribution in [-0.4, -0.2) is 41.9 Å². The van der Waals surface area contributed by atoms with Gasteiger partial charge in [0.1, 0.15) is 17.3 Å². The van der Waals surface area contributed by atoms with E-state index in [2.05, 4.69) is 35.4 Å². The summed E-state index contributed by atoms with van der Waals surface area (Å²) in [6, 6.07) is 11.4. The molecule has 2 aliphatic rings. The predicted octanol–water partition coefficient (Wildman–Crippen LogP) is 5.60. The molecule has 5 rings (SSSR count). The molecule has 3 aromatic rings. The normalized spacial score (nSPS) is 18.0. The molecule has 0 radical (unpaired) electrons. The molecule has 0 bridgehead atoms. The van der Waals surface area contributed by atoms with Gasteiger partial charge in [0.15, 0.2) is 10.1 Å². The molecule has 0 spiro atoms. The van der Waals surface area contributed by atoms with Gasteiger partial charge in [0, 0.05) is 33.5 Å². The standard InChI is InChI=1S/C29H30N6O4S3/c1-15-6-9-22(41-15)24-17(13-30)26(31)35(19-11-29(2,3)12-20(36)25(19)24)27-33-34-28(42-27)40-14-23(37)32-18-8-7-16(38-4)10-21(18)39-5/h6-10,24H,11-12,14,31H2,1-5H3,(H,32,37). The van der Waals surface area contributed by atoms with Crippen LogP contribution in [0.5, 0.6) is 11.5 Å². The van der Waals surface area contributed by atoms with Gasteiger partial charge >= 0.3 is 0 Å². The Bertz CT molecular complexity index is 1670. The molecule has 1 aromatic carbocycles. The average molecular weight is 623 g/mol. The molecule has 2 aromatic heterocycles. The molecule has 0 saturated heterocycles. The van der Waals surface area contributed by atoms with Crippen molar-refractivity contribution >= 4 is 56.9 Å². The molecule has 3 heterocycles. The first-order chi connectivity index (χ1) is 20.0. The number of aromatic nitrogens is 2. The lowest BCUT2D eigenvalue weighted by Crippen LogP contribution is -2.42. The van der Waals surface area contributed by atoms with Gasteiger partial charge in [-0.25, -0.2) is 0 Å². The zero-order valence-corrected chi connectivity index (χ0v) is 26.3. The van der Waals surface area contributed by atoms with Crippen LogP contribution in [0.15, 0.2) is 57.3 Å². The highest BCUT2D eigenvalue weighted by atomic mass is 32.2. The summed E-state index contributed by atoms with van der Waals surface area (Å²) >= 11 is 4.04. The number of hydrogen-bond donors (Lipinski definition) is 2. The zero-order valence-electron chi connectivity index (χ0n) is 23.8. The molecule has 218 valence electrons.